The van der Waals surface area contributed by atoms with Gasteiger partial charge in [-0.1, -0.05) is 11.6 Å². The SMILES string of the molecule is Nc1c(Cl)ncnc1Nc1ccc2c(c1)OC(F)(F)O2. The number of rotatable bonds is 2. The van der Waals surface area contributed by atoms with Gasteiger partial charge in [-0.15, -0.1) is 8.78 Å². The van der Waals surface area contributed by atoms with E-state index >= 15 is 0 Å². The number of fused-ring (bicyclic) bond motifs is 1. The minimum atomic E-state index is -3.65. The van der Waals surface area contributed by atoms with Crippen LogP contribution in [0.1, 0.15) is 0 Å². The van der Waals surface area contributed by atoms with Crippen molar-refractivity contribution < 1.29 is 18.3 Å². The van der Waals surface area contributed by atoms with Crippen LogP contribution < -0.4 is 20.5 Å². The molecule has 0 radical (unpaired) electrons. The van der Waals surface area contributed by atoms with Crippen molar-refractivity contribution in [3.8, 4) is 11.5 Å². The molecule has 0 atom stereocenters. The Hall–Kier alpha value is -2.35. The van der Waals surface area contributed by atoms with Gasteiger partial charge in [0.25, 0.3) is 0 Å². The van der Waals surface area contributed by atoms with Crippen molar-refractivity contribution in [2.75, 3.05) is 11.1 Å². The molecule has 0 fully saturated rings. The molecule has 20 heavy (non-hydrogen) atoms. The highest BCUT2D eigenvalue weighted by Crippen LogP contribution is 2.42. The molecule has 1 aromatic heterocycles. The van der Waals surface area contributed by atoms with Crippen LogP contribution >= 0.6 is 11.6 Å². The van der Waals surface area contributed by atoms with Crippen molar-refractivity contribution in [1.29, 1.82) is 0 Å². The quantitative estimate of drug-likeness (QED) is 0.830. The van der Waals surface area contributed by atoms with E-state index in [0.717, 1.165) is 0 Å². The van der Waals surface area contributed by atoms with Gasteiger partial charge in [-0.05, 0) is 12.1 Å². The summed E-state index contributed by atoms with van der Waals surface area (Å²) in [5, 5.41) is 2.92. The Morgan fingerprint density at radius 2 is 1.95 bits per heavy atom. The summed E-state index contributed by atoms with van der Waals surface area (Å²) in [6.07, 6.45) is -2.43. The molecule has 2 aromatic rings. The number of hydrogen-bond donors (Lipinski definition) is 2. The number of benzene rings is 1. The van der Waals surface area contributed by atoms with Crippen LogP contribution in [-0.2, 0) is 0 Å². The standard InChI is InChI=1S/C11H7ClF2N4O2/c12-9-8(15)10(17-4-16-9)18-5-1-2-6-7(3-5)20-11(13,14)19-6/h1-4H,15H2,(H,16,17,18). The van der Waals surface area contributed by atoms with Gasteiger partial charge < -0.3 is 20.5 Å². The zero-order valence-corrected chi connectivity index (χ0v) is 10.5. The first-order valence-electron chi connectivity index (χ1n) is 5.37. The molecule has 1 aromatic carbocycles. The Balaban J connectivity index is 1.89. The number of alkyl halides is 2. The molecule has 3 rings (SSSR count). The number of nitrogens with one attached hydrogen (secondary N) is 1. The number of halogens is 3. The minimum absolute atomic E-state index is 0.0470. The average molecular weight is 301 g/mol. The van der Waals surface area contributed by atoms with Crippen LogP contribution in [0.2, 0.25) is 5.15 Å². The van der Waals surface area contributed by atoms with E-state index in [4.69, 9.17) is 17.3 Å². The molecule has 0 amide bonds. The van der Waals surface area contributed by atoms with Gasteiger partial charge in [0.15, 0.2) is 22.5 Å². The van der Waals surface area contributed by atoms with Crippen molar-refractivity contribution in [2.45, 2.75) is 6.29 Å². The molecule has 6 nitrogen and oxygen atoms in total. The van der Waals surface area contributed by atoms with E-state index in [0.29, 0.717) is 5.69 Å². The molecule has 9 heteroatoms. The lowest BCUT2D eigenvalue weighted by atomic mass is 10.2. The smallest absolute Gasteiger partial charge is 0.395 e. The van der Waals surface area contributed by atoms with E-state index in [1.165, 1.54) is 24.5 Å². The molecule has 0 saturated carbocycles. The topological polar surface area (TPSA) is 82.3 Å². The fourth-order valence-electron chi connectivity index (χ4n) is 1.64. The molecule has 1 aliphatic heterocycles. The van der Waals surface area contributed by atoms with Crippen molar-refractivity contribution in [2.24, 2.45) is 0 Å². The predicted octanol–water partition coefficient (Wildman–Crippen LogP) is 2.78. The van der Waals surface area contributed by atoms with Crippen LogP contribution in [-0.4, -0.2) is 16.3 Å². The third-order valence-corrected chi connectivity index (χ3v) is 2.80. The van der Waals surface area contributed by atoms with Gasteiger partial charge in [-0.25, -0.2) is 9.97 Å². The van der Waals surface area contributed by atoms with Gasteiger partial charge in [0.05, 0.1) is 0 Å². The molecule has 104 valence electrons. The zero-order chi connectivity index (χ0) is 14.3. The lowest BCUT2D eigenvalue weighted by molar-refractivity contribution is -0.286. The zero-order valence-electron chi connectivity index (χ0n) is 9.73. The molecule has 2 heterocycles. The average Bonchev–Trinajstić information content (AvgIpc) is 2.68. The Bertz CT molecular complexity index is 683. The molecule has 0 unspecified atom stereocenters. The van der Waals surface area contributed by atoms with E-state index < -0.39 is 6.29 Å². The van der Waals surface area contributed by atoms with Crippen LogP contribution in [0.15, 0.2) is 24.5 Å². The summed E-state index contributed by atoms with van der Waals surface area (Å²) in [5.74, 6) is 0.128. The second-order valence-corrected chi connectivity index (χ2v) is 4.24. The van der Waals surface area contributed by atoms with E-state index in [2.05, 4.69) is 24.8 Å². The summed E-state index contributed by atoms with van der Waals surface area (Å²) >= 11 is 5.75. The Morgan fingerprint density at radius 3 is 2.75 bits per heavy atom. The summed E-state index contributed by atoms with van der Waals surface area (Å²) in [6, 6.07) is 4.20. The lowest BCUT2D eigenvalue weighted by Crippen LogP contribution is -2.25. The van der Waals surface area contributed by atoms with Crippen molar-refractivity contribution in [1.82, 2.24) is 9.97 Å². The maximum atomic E-state index is 12.9. The first-order valence-corrected chi connectivity index (χ1v) is 5.75. The fourth-order valence-corrected chi connectivity index (χ4v) is 1.77. The molecule has 0 spiro atoms. The molecule has 0 bridgehead atoms. The predicted molar refractivity (Wildman–Crippen MR) is 67.4 cm³/mol. The lowest BCUT2D eigenvalue weighted by Gasteiger charge is -2.08. The monoisotopic (exact) mass is 300 g/mol. The number of ether oxygens (including phenoxy) is 2. The first-order chi connectivity index (χ1) is 9.44. The molecular weight excluding hydrogens is 294 g/mol. The number of nitrogen functional groups attached to an aromatic ring is 1. The van der Waals surface area contributed by atoms with Crippen molar-refractivity contribution in [3.05, 3.63) is 29.7 Å². The first kappa shape index (κ1) is 12.7. The maximum Gasteiger partial charge on any atom is 0.586 e. The molecule has 0 aliphatic carbocycles. The number of hydrogen-bond acceptors (Lipinski definition) is 6. The van der Waals surface area contributed by atoms with Crippen molar-refractivity contribution in [3.63, 3.8) is 0 Å². The number of anilines is 3. The van der Waals surface area contributed by atoms with E-state index in [1.807, 2.05) is 0 Å². The van der Waals surface area contributed by atoms with Crippen LogP contribution in [0, 0.1) is 0 Å². The number of aromatic nitrogens is 2. The summed E-state index contributed by atoms with van der Waals surface area (Å²) in [5.41, 5.74) is 6.28. The summed E-state index contributed by atoms with van der Waals surface area (Å²) in [4.78, 5) is 7.61. The van der Waals surface area contributed by atoms with Gasteiger partial charge in [0.1, 0.15) is 12.0 Å². The fraction of sp³-hybridized carbons (Fsp3) is 0.0909. The number of nitrogens with zero attached hydrogens (tertiary/aromatic N) is 2. The maximum absolute atomic E-state index is 12.9. The van der Waals surface area contributed by atoms with Crippen LogP contribution in [0.25, 0.3) is 0 Å². The molecule has 1 aliphatic rings. The Labute approximate surface area is 116 Å². The number of nitrogens with two attached hydrogens (primary N) is 1. The highest BCUT2D eigenvalue weighted by atomic mass is 35.5. The second-order valence-electron chi connectivity index (χ2n) is 3.88. The van der Waals surface area contributed by atoms with E-state index in [-0.39, 0.29) is 28.2 Å². The summed E-state index contributed by atoms with van der Waals surface area (Å²) in [6.45, 7) is 0. The highest BCUT2D eigenvalue weighted by molar-refractivity contribution is 6.32. The highest BCUT2D eigenvalue weighted by Gasteiger charge is 2.43. The normalized spacial score (nSPS) is 15.2. The summed E-state index contributed by atoms with van der Waals surface area (Å²) in [7, 11) is 0. The summed E-state index contributed by atoms with van der Waals surface area (Å²) < 4.78 is 34.4. The van der Waals surface area contributed by atoms with Gasteiger partial charge in [-0.2, -0.15) is 0 Å². The van der Waals surface area contributed by atoms with Gasteiger partial charge in [0, 0.05) is 11.8 Å². The van der Waals surface area contributed by atoms with Crippen molar-refractivity contribution >= 4 is 28.8 Å². The molecule has 0 saturated heterocycles. The second kappa shape index (κ2) is 4.34. The third-order valence-electron chi connectivity index (χ3n) is 2.50. The molecule has 3 N–H and O–H groups in total. The van der Waals surface area contributed by atoms with Crippen LogP contribution in [0.3, 0.4) is 0 Å². The van der Waals surface area contributed by atoms with E-state index in [1.54, 1.807) is 0 Å². The van der Waals surface area contributed by atoms with Gasteiger partial charge >= 0.3 is 6.29 Å². The van der Waals surface area contributed by atoms with Gasteiger partial charge in [0.2, 0.25) is 0 Å². The minimum Gasteiger partial charge on any atom is -0.395 e. The third kappa shape index (κ3) is 2.25. The van der Waals surface area contributed by atoms with Gasteiger partial charge in [-0.3, -0.25) is 0 Å². The van der Waals surface area contributed by atoms with Crippen LogP contribution in [0.4, 0.5) is 26.0 Å². The van der Waals surface area contributed by atoms with E-state index in [9.17, 15) is 8.78 Å². The Kier molecular flexibility index (Phi) is 2.75. The largest absolute Gasteiger partial charge is 0.586 e. The molecular formula is C11H7ClF2N4O2. The van der Waals surface area contributed by atoms with Crippen LogP contribution in [0.5, 0.6) is 11.5 Å². The Morgan fingerprint density at radius 1 is 1.20 bits per heavy atom.